The van der Waals surface area contributed by atoms with Crippen molar-refractivity contribution < 1.29 is 4.79 Å². The highest BCUT2D eigenvalue weighted by atomic mass is 16.2. The Bertz CT molecular complexity index is 425. The number of nitrogen functional groups attached to an aromatic ring is 1. The molecule has 1 aromatic rings. The summed E-state index contributed by atoms with van der Waals surface area (Å²) in [6.45, 7) is 0. The van der Waals surface area contributed by atoms with Gasteiger partial charge < -0.3 is 16.0 Å². The molecule has 1 aliphatic rings. The van der Waals surface area contributed by atoms with E-state index in [-0.39, 0.29) is 5.91 Å². The molecule has 0 spiro atoms. The summed E-state index contributed by atoms with van der Waals surface area (Å²) in [4.78, 5) is 13.4. The molecule has 0 unspecified atom stereocenters. The van der Waals surface area contributed by atoms with E-state index in [4.69, 9.17) is 5.73 Å². The van der Waals surface area contributed by atoms with E-state index in [1.54, 1.807) is 31.1 Å². The molecule has 4 heteroatoms. The highest BCUT2D eigenvalue weighted by molar-refractivity contribution is 5.95. The van der Waals surface area contributed by atoms with Crippen molar-refractivity contribution in [2.45, 2.75) is 25.3 Å². The number of rotatable bonds is 3. The summed E-state index contributed by atoms with van der Waals surface area (Å²) in [5.74, 6) is 0.00154. The SMILES string of the molecule is CN(C)C(=O)c1ccc(N)c(NC2CCC2)c1. The fourth-order valence-electron chi connectivity index (χ4n) is 1.85. The highest BCUT2D eigenvalue weighted by Gasteiger charge is 2.18. The lowest BCUT2D eigenvalue weighted by Crippen LogP contribution is -2.28. The third-order valence-corrected chi connectivity index (χ3v) is 3.17. The van der Waals surface area contributed by atoms with E-state index in [1.807, 2.05) is 6.07 Å². The van der Waals surface area contributed by atoms with E-state index in [0.717, 1.165) is 5.69 Å². The Balaban J connectivity index is 2.19. The first-order valence-electron chi connectivity index (χ1n) is 5.95. The first-order chi connectivity index (χ1) is 8.08. The molecule has 0 atom stereocenters. The standard InChI is InChI=1S/C13H19N3O/c1-16(2)13(17)9-6-7-11(14)12(8-9)15-10-4-3-5-10/h6-8,10,15H,3-5,14H2,1-2H3. The van der Waals surface area contributed by atoms with Crippen molar-refractivity contribution in [3.8, 4) is 0 Å². The van der Waals surface area contributed by atoms with E-state index in [0.29, 0.717) is 17.3 Å². The average molecular weight is 233 g/mol. The number of benzene rings is 1. The lowest BCUT2D eigenvalue weighted by Gasteiger charge is -2.28. The third-order valence-electron chi connectivity index (χ3n) is 3.17. The highest BCUT2D eigenvalue weighted by Crippen LogP contribution is 2.27. The fourth-order valence-corrected chi connectivity index (χ4v) is 1.85. The molecule has 0 aromatic heterocycles. The minimum Gasteiger partial charge on any atom is -0.397 e. The van der Waals surface area contributed by atoms with Crippen molar-refractivity contribution >= 4 is 17.3 Å². The van der Waals surface area contributed by atoms with E-state index in [9.17, 15) is 4.79 Å². The Morgan fingerprint density at radius 1 is 1.41 bits per heavy atom. The van der Waals surface area contributed by atoms with Gasteiger partial charge in [0.15, 0.2) is 0 Å². The van der Waals surface area contributed by atoms with Crippen molar-refractivity contribution in [1.29, 1.82) is 0 Å². The number of nitrogens with one attached hydrogen (secondary N) is 1. The molecule has 0 bridgehead atoms. The van der Waals surface area contributed by atoms with Crippen LogP contribution in [0.4, 0.5) is 11.4 Å². The molecule has 1 aliphatic carbocycles. The minimum absolute atomic E-state index is 0.00154. The summed E-state index contributed by atoms with van der Waals surface area (Å²) in [5.41, 5.74) is 8.16. The van der Waals surface area contributed by atoms with Gasteiger partial charge in [-0.1, -0.05) is 0 Å². The van der Waals surface area contributed by atoms with Crippen molar-refractivity contribution in [3.05, 3.63) is 23.8 Å². The van der Waals surface area contributed by atoms with Gasteiger partial charge in [0, 0.05) is 25.7 Å². The molecular formula is C13H19N3O. The van der Waals surface area contributed by atoms with Crippen LogP contribution in [0.1, 0.15) is 29.6 Å². The maximum atomic E-state index is 11.8. The van der Waals surface area contributed by atoms with Gasteiger partial charge in [0.1, 0.15) is 0 Å². The number of carbonyl (C=O) groups excluding carboxylic acids is 1. The van der Waals surface area contributed by atoms with Crippen LogP contribution in [0.15, 0.2) is 18.2 Å². The number of nitrogens with two attached hydrogens (primary N) is 1. The van der Waals surface area contributed by atoms with Crippen LogP contribution in [0.3, 0.4) is 0 Å². The first-order valence-corrected chi connectivity index (χ1v) is 5.95. The van der Waals surface area contributed by atoms with Gasteiger partial charge in [-0.3, -0.25) is 4.79 Å². The van der Waals surface area contributed by atoms with Crippen LogP contribution in [-0.4, -0.2) is 30.9 Å². The van der Waals surface area contributed by atoms with Crippen LogP contribution >= 0.6 is 0 Å². The van der Waals surface area contributed by atoms with Gasteiger partial charge in [-0.05, 0) is 37.5 Å². The monoisotopic (exact) mass is 233 g/mol. The zero-order chi connectivity index (χ0) is 12.4. The van der Waals surface area contributed by atoms with Gasteiger partial charge in [-0.15, -0.1) is 0 Å². The van der Waals surface area contributed by atoms with Crippen LogP contribution in [-0.2, 0) is 0 Å². The van der Waals surface area contributed by atoms with Crippen molar-refractivity contribution in [1.82, 2.24) is 4.90 Å². The quantitative estimate of drug-likeness (QED) is 0.784. The van der Waals surface area contributed by atoms with Gasteiger partial charge in [0.2, 0.25) is 0 Å². The number of nitrogens with zero attached hydrogens (tertiary/aromatic N) is 1. The molecule has 3 N–H and O–H groups in total. The molecule has 4 nitrogen and oxygen atoms in total. The van der Waals surface area contributed by atoms with Gasteiger partial charge in [-0.25, -0.2) is 0 Å². The molecule has 2 rings (SSSR count). The Morgan fingerprint density at radius 3 is 2.65 bits per heavy atom. The Labute approximate surface area is 102 Å². The molecule has 0 heterocycles. The maximum absolute atomic E-state index is 11.8. The summed E-state index contributed by atoms with van der Waals surface area (Å²) >= 11 is 0. The van der Waals surface area contributed by atoms with Gasteiger partial charge in [-0.2, -0.15) is 0 Å². The Morgan fingerprint density at radius 2 is 2.12 bits per heavy atom. The molecular weight excluding hydrogens is 214 g/mol. The van der Waals surface area contributed by atoms with Gasteiger partial charge >= 0.3 is 0 Å². The topological polar surface area (TPSA) is 58.4 Å². The lowest BCUT2D eigenvalue weighted by atomic mass is 9.93. The van der Waals surface area contributed by atoms with Crippen LogP contribution in [0.2, 0.25) is 0 Å². The zero-order valence-corrected chi connectivity index (χ0v) is 10.4. The Hall–Kier alpha value is -1.71. The smallest absolute Gasteiger partial charge is 0.253 e. The van der Waals surface area contributed by atoms with Crippen molar-refractivity contribution in [2.75, 3.05) is 25.1 Å². The van der Waals surface area contributed by atoms with Crippen LogP contribution in [0.25, 0.3) is 0 Å². The predicted molar refractivity (Wildman–Crippen MR) is 70.1 cm³/mol. The molecule has 0 aliphatic heterocycles. The largest absolute Gasteiger partial charge is 0.397 e. The predicted octanol–water partition coefficient (Wildman–Crippen LogP) is 1.93. The summed E-state index contributed by atoms with van der Waals surface area (Å²) < 4.78 is 0. The lowest BCUT2D eigenvalue weighted by molar-refractivity contribution is 0.0827. The minimum atomic E-state index is 0.00154. The maximum Gasteiger partial charge on any atom is 0.253 e. The van der Waals surface area contributed by atoms with Crippen molar-refractivity contribution in [2.24, 2.45) is 0 Å². The molecule has 1 saturated carbocycles. The van der Waals surface area contributed by atoms with Gasteiger partial charge in [0.05, 0.1) is 11.4 Å². The van der Waals surface area contributed by atoms with Crippen LogP contribution < -0.4 is 11.1 Å². The molecule has 1 fully saturated rings. The second kappa shape index (κ2) is 4.65. The molecule has 1 amide bonds. The average Bonchev–Trinajstić information content (AvgIpc) is 2.24. The molecule has 17 heavy (non-hydrogen) atoms. The third kappa shape index (κ3) is 2.52. The normalized spacial score (nSPS) is 15.2. The zero-order valence-electron chi connectivity index (χ0n) is 10.4. The first kappa shape index (κ1) is 11.8. The molecule has 92 valence electrons. The summed E-state index contributed by atoms with van der Waals surface area (Å²) in [5, 5.41) is 3.39. The van der Waals surface area contributed by atoms with E-state index < -0.39 is 0 Å². The second-order valence-corrected chi connectivity index (χ2v) is 4.77. The second-order valence-electron chi connectivity index (χ2n) is 4.77. The number of anilines is 2. The van der Waals surface area contributed by atoms with Crippen LogP contribution in [0.5, 0.6) is 0 Å². The molecule has 0 saturated heterocycles. The number of hydrogen-bond donors (Lipinski definition) is 2. The fraction of sp³-hybridized carbons (Fsp3) is 0.462. The van der Waals surface area contributed by atoms with E-state index in [2.05, 4.69) is 5.32 Å². The van der Waals surface area contributed by atoms with E-state index in [1.165, 1.54) is 19.3 Å². The Kier molecular flexibility index (Phi) is 3.22. The number of amides is 1. The molecule has 1 aromatic carbocycles. The van der Waals surface area contributed by atoms with E-state index >= 15 is 0 Å². The summed E-state index contributed by atoms with van der Waals surface area (Å²) in [6.07, 6.45) is 3.64. The van der Waals surface area contributed by atoms with Crippen LogP contribution in [0, 0.1) is 0 Å². The summed E-state index contributed by atoms with van der Waals surface area (Å²) in [6, 6.07) is 5.92. The number of hydrogen-bond acceptors (Lipinski definition) is 3. The number of carbonyl (C=O) groups is 1. The van der Waals surface area contributed by atoms with Gasteiger partial charge in [0.25, 0.3) is 5.91 Å². The van der Waals surface area contributed by atoms with Crippen molar-refractivity contribution in [3.63, 3.8) is 0 Å². The molecule has 0 radical (unpaired) electrons. The summed E-state index contributed by atoms with van der Waals surface area (Å²) in [7, 11) is 3.50.